The van der Waals surface area contributed by atoms with Crippen molar-refractivity contribution in [3.8, 4) is 16.6 Å². The maximum atomic E-state index is 9.62. The van der Waals surface area contributed by atoms with Gasteiger partial charge >= 0.3 is 0 Å². The van der Waals surface area contributed by atoms with Gasteiger partial charge in [-0.05, 0) is 30.5 Å². The highest BCUT2D eigenvalue weighted by atomic mass is 32.1. The lowest BCUT2D eigenvalue weighted by molar-refractivity contribution is 1.29. The molecule has 5 heteroatoms. The number of H-pyrrole nitrogens is 1. The first-order valence-electron chi connectivity index (χ1n) is 7.45. The molecule has 0 radical (unpaired) electrons. The van der Waals surface area contributed by atoms with E-state index in [1.165, 1.54) is 11.3 Å². The van der Waals surface area contributed by atoms with Crippen molar-refractivity contribution in [1.29, 1.82) is 5.26 Å². The molecule has 0 spiro atoms. The molecule has 0 bridgehead atoms. The number of rotatable bonds is 3. The molecular formula is C19H13N3S2. The highest BCUT2D eigenvalue weighted by Crippen LogP contribution is 2.31. The van der Waals surface area contributed by atoms with E-state index >= 15 is 0 Å². The van der Waals surface area contributed by atoms with E-state index in [2.05, 4.69) is 22.1 Å². The van der Waals surface area contributed by atoms with Gasteiger partial charge in [-0.25, -0.2) is 4.98 Å². The summed E-state index contributed by atoms with van der Waals surface area (Å²) in [6, 6.07) is 14.5. The molecule has 4 rings (SSSR count). The zero-order valence-corrected chi connectivity index (χ0v) is 14.5. The highest BCUT2D eigenvalue weighted by molar-refractivity contribution is 7.14. The van der Waals surface area contributed by atoms with Gasteiger partial charge in [0.1, 0.15) is 11.1 Å². The topological polar surface area (TPSA) is 52.5 Å². The molecule has 0 saturated carbocycles. The maximum absolute atomic E-state index is 9.62. The fraction of sp³-hybridized carbons (Fsp3) is 0.0526. The Bertz CT molecular complexity index is 1080. The van der Waals surface area contributed by atoms with Gasteiger partial charge in [0, 0.05) is 27.5 Å². The second-order valence-corrected chi connectivity index (χ2v) is 7.20. The molecule has 0 unspecified atom stereocenters. The van der Waals surface area contributed by atoms with Gasteiger partial charge < -0.3 is 4.98 Å². The molecule has 0 aliphatic rings. The lowest BCUT2D eigenvalue weighted by Gasteiger charge is -1.96. The Morgan fingerprint density at radius 2 is 2.08 bits per heavy atom. The van der Waals surface area contributed by atoms with Gasteiger partial charge in [0.25, 0.3) is 0 Å². The minimum atomic E-state index is 0.593. The summed E-state index contributed by atoms with van der Waals surface area (Å²) in [6.07, 6.45) is 1.94. The normalized spacial score (nSPS) is 11.8. The smallest absolute Gasteiger partial charge is 0.134 e. The first kappa shape index (κ1) is 14.9. The molecule has 0 amide bonds. The van der Waals surface area contributed by atoms with Crippen LogP contribution in [0.5, 0.6) is 0 Å². The number of thiazole rings is 1. The van der Waals surface area contributed by atoms with Crippen molar-refractivity contribution in [2.75, 3.05) is 0 Å². The quantitative estimate of drug-likeness (QED) is 0.481. The van der Waals surface area contributed by atoms with Gasteiger partial charge in [0.15, 0.2) is 0 Å². The Morgan fingerprint density at radius 1 is 1.21 bits per heavy atom. The second kappa shape index (κ2) is 6.08. The van der Waals surface area contributed by atoms with Crippen LogP contribution in [0.15, 0.2) is 47.2 Å². The molecule has 0 fully saturated rings. The summed E-state index contributed by atoms with van der Waals surface area (Å²) in [6.45, 7) is 2.03. The molecule has 3 aromatic heterocycles. The van der Waals surface area contributed by atoms with E-state index in [0.717, 1.165) is 37.7 Å². The summed E-state index contributed by atoms with van der Waals surface area (Å²) in [5.41, 5.74) is 4.71. The van der Waals surface area contributed by atoms with Crippen molar-refractivity contribution in [3.05, 3.63) is 63.4 Å². The van der Waals surface area contributed by atoms with Gasteiger partial charge in [0.05, 0.1) is 16.1 Å². The minimum absolute atomic E-state index is 0.593. The summed E-state index contributed by atoms with van der Waals surface area (Å²) in [5, 5.41) is 15.5. The predicted molar refractivity (Wildman–Crippen MR) is 102 cm³/mol. The number of nitrogens with zero attached hydrogens (tertiary/aromatic N) is 2. The van der Waals surface area contributed by atoms with Crippen molar-refractivity contribution in [3.63, 3.8) is 0 Å². The molecule has 3 nitrogen and oxygen atoms in total. The third kappa shape index (κ3) is 2.56. The van der Waals surface area contributed by atoms with Crippen molar-refractivity contribution in [2.24, 2.45) is 0 Å². The second-order valence-electron chi connectivity index (χ2n) is 5.39. The van der Waals surface area contributed by atoms with E-state index in [-0.39, 0.29) is 0 Å². The molecular weight excluding hydrogens is 334 g/mol. The number of hydrogen-bond donors (Lipinski definition) is 1. The van der Waals surface area contributed by atoms with Crippen LogP contribution in [0, 0.1) is 18.3 Å². The monoisotopic (exact) mass is 347 g/mol. The van der Waals surface area contributed by atoms with Crippen molar-refractivity contribution < 1.29 is 0 Å². The van der Waals surface area contributed by atoms with Crippen LogP contribution < -0.4 is 0 Å². The van der Waals surface area contributed by atoms with Gasteiger partial charge in [-0.2, -0.15) is 5.26 Å². The van der Waals surface area contributed by atoms with E-state index in [0.29, 0.717) is 5.57 Å². The van der Waals surface area contributed by atoms with Crippen LogP contribution in [0.1, 0.15) is 16.3 Å². The van der Waals surface area contributed by atoms with Crippen LogP contribution >= 0.6 is 22.7 Å². The summed E-state index contributed by atoms with van der Waals surface area (Å²) in [5.74, 6) is 0. The van der Waals surface area contributed by atoms with Crippen LogP contribution in [0.2, 0.25) is 0 Å². The van der Waals surface area contributed by atoms with E-state index < -0.39 is 0 Å². The van der Waals surface area contributed by atoms with Crippen molar-refractivity contribution >= 4 is 45.2 Å². The molecule has 0 atom stereocenters. The highest BCUT2D eigenvalue weighted by Gasteiger charge is 2.12. The fourth-order valence-electron chi connectivity index (χ4n) is 2.71. The predicted octanol–water partition coefficient (Wildman–Crippen LogP) is 5.73. The number of nitrogens with one attached hydrogen (secondary N) is 1. The number of aryl methyl sites for hydroxylation is 1. The van der Waals surface area contributed by atoms with Gasteiger partial charge in [-0.1, -0.05) is 24.3 Å². The number of aromatic nitrogens is 2. The fourth-order valence-corrected chi connectivity index (χ4v) is 4.25. The van der Waals surface area contributed by atoms with E-state index in [1.54, 1.807) is 11.3 Å². The summed E-state index contributed by atoms with van der Waals surface area (Å²) < 4.78 is 0. The number of para-hydroxylation sites is 1. The number of benzene rings is 1. The maximum Gasteiger partial charge on any atom is 0.134 e. The molecule has 3 heterocycles. The number of aromatic amines is 1. The largest absolute Gasteiger partial charge is 0.358 e. The zero-order chi connectivity index (χ0) is 16.5. The van der Waals surface area contributed by atoms with Crippen LogP contribution in [0.3, 0.4) is 0 Å². The third-order valence-electron chi connectivity index (χ3n) is 3.86. The average Bonchev–Trinajstić information content (AvgIpc) is 3.32. The molecule has 116 valence electrons. The van der Waals surface area contributed by atoms with E-state index in [4.69, 9.17) is 0 Å². The van der Waals surface area contributed by atoms with Crippen LogP contribution in [-0.4, -0.2) is 9.97 Å². The minimum Gasteiger partial charge on any atom is -0.358 e. The SMILES string of the molecule is Cc1[nH]c2ccccc2c1/C=C(/C#N)c1nc(-c2cccs2)cs1. The van der Waals surface area contributed by atoms with Crippen LogP contribution in [-0.2, 0) is 0 Å². The molecule has 1 aromatic carbocycles. The molecule has 0 saturated heterocycles. The Morgan fingerprint density at radius 3 is 2.88 bits per heavy atom. The number of nitriles is 1. The average molecular weight is 347 g/mol. The van der Waals surface area contributed by atoms with E-state index in [1.807, 2.05) is 54.1 Å². The van der Waals surface area contributed by atoms with Crippen molar-refractivity contribution in [1.82, 2.24) is 9.97 Å². The Kier molecular flexibility index (Phi) is 3.77. The standard InChI is InChI=1S/C19H13N3S2/c1-12-15(14-5-2-3-6-16(14)21-12)9-13(10-20)19-22-17(11-24-19)18-7-4-8-23-18/h2-9,11,21H,1H3/b13-9-. The first-order chi connectivity index (χ1) is 11.8. The zero-order valence-electron chi connectivity index (χ0n) is 12.9. The first-order valence-corrected chi connectivity index (χ1v) is 9.21. The van der Waals surface area contributed by atoms with Crippen molar-refractivity contribution in [2.45, 2.75) is 6.92 Å². The number of hydrogen-bond acceptors (Lipinski definition) is 4. The Balaban J connectivity index is 1.80. The third-order valence-corrected chi connectivity index (χ3v) is 5.63. The van der Waals surface area contributed by atoms with E-state index in [9.17, 15) is 5.26 Å². The van der Waals surface area contributed by atoms with Gasteiger partial charge in [-0.3, -0.25) is 0 Å². The summed E-state index contributed by atoms with van der Waals surface area (Å²) in [7, 11) is 0. The molecule has 24 heavy (non-hydrogen) atoms. The molecule has 0 aliphatic heterocycles. The summed E-state index contributed by atoms with van der Waals surface area (Å²) in [4.78, 5) is 9.13. The van der Waals surface area contributed by atoms with Gasteiger partial charge in [0.2, 0.25) is 0 Å². The Labute approximate surface area is 147 Å². The number of thiophene rings is 1. The number of fused-ring (bicyclic) bond motifs is 1. The number of allylic oxidation sites excluding steroid dienone is 1. The molecule has 0 aliphatic carbocycles. The Hall–Kier alpha value is -2.68. The lowest BCUT2D eigenvalue weighted by atomic mass is 10.1. The van der Waals surface area contributed by atoms with Crippen LogP contribution in [0.4, 0.5) is 0 Å². The lowest BCUT2D eigenvalue weighted by Crippen LogP contribution is -1.83. The summed E-state index contributed by atoms with van der Waals surface area (Å²) >= 11 is 3.16. The van der Waals surface area contributed by atoms with Gasteiger partial charge in [-0.15, -0.1) is 22.7 Å². The molecule has 1 N–H and O–H groups in total. The molecule has 4 aromatic rings. The van der Waals surface area contributed by atoms with Crippen LogP contribution in [0.25, 0.3) is 33.1 Å².